The number of benzene rings is 3. The highest BCUT2D eigenvalue weighted by Crippen LogP contribution is 2.33. The van der Waals surface area contributed by atoms with Crippen LogP contribution >= 0.6 is 0 Å². The van der Waals surface area contributed by atoms with Gasteiger partial charge in [-0.1, -0.05) is 66.7 Å². The van der Waals surface area contributed by atoms with Crippen molar-refractivity contribution < 1.29 is 14.3 Å². The molecule has 0 spiro atoms. The summed E-state index contributed by atoms with van der Waals surface area (Å²) < 4.78 is 11.6. The van der Waals surface area contributed by atoms with Gasteiger partial charge in [0.2, 0.25) is 5.91 Å². The van der Waals surface area contributed by atoms with Gasteiger partial charge in [-0.3, -0.25) is 4.79 Å². The molecule has 1 aliphatic heterocycles. The quantitative estimate of drug-likeness (QED) is 0.614. The van der Waals surface area contributed by atoms with Crippen LogP contribution in [0.2, 0.25) is 0 Å². The van der Waals surface area contributed by atoms with Crippen molar-refractivity contribution in [1.29, 1.82) is 0 Å². The molecule has 1 N–H and O–H groups in total. The van der Waals surface area contributed by atoms with Crippen molar-refractivity contribution in [2.24, 2.45) is 0 Å². The first kappa shape index (κ1) is 20.0. The number of amides is 1. The standard InChI is InChI=1S/C26H27NO3/c28-26(18-21-10-5-2-6-11-21)27-23(14-12-20-8-3-1-4-9-20)22-13-15-24-25(19-22)30-17-7-16-29-24/h1-6,8-11,13,15,19,23H,7,12,14,16-18H2,(H,27,28). The zero-order valence-corrected chi connectivity index (χ0v) is 17.1. The summed E-state index contributed by atoms with van der Waals surface area (Å²) in [6.45, 7) is 1.31. The average Bonchev–Trinajstić information content (AvgIpc) is 3.03. The van der Waals surface area contributed by atoms with Gasteiger partial charge in [-0.05, 0) is 41.7 Å². The van der Waals surface area contributed by atoms with Crippen LogP contribution in [0.15, 0.2) is 78.9 Å². The maximum absolute atomic E-state index is 12.8. The number of ether oxygens (including phenoxy) is 2. The van der Waals surface area contributed by atoms with Gasteiger partial charge in [-0.25, -0.2) is 0 Å². The van der Waals surface area contributed by atoms with Crippen molar-refractivity contribution in [2.45, 2.75) is 31.7 Å². The molecule has 0 aromatic heterocycles. The lowest BCUT2D eigenvalue weighted by Crippen LogP contribution is -2.30. The summed E-state index contributed by atoms with van der Waals surface area (Å²) in [4.78, 5) is 12.8. The van der Waals surface area contributed by atoms with E-state index in [0.717, 1.165) is 41.9 Å². The molecule has 0 fully saturated rings. The summed E-state index contributed by atoms with van der Waals surface area (Å²) in [5, 5.41) is 3.24. The molecule has 0 radical (unpaired) electrons. The summed E-state index contributed by atoms with van der Waals surface area (Å²) in [6.07, 6.45) is 2.93. The molecule has 3 aromatic rings. The number of carbonyl (C=O) groups is 1. The first-order valence-electron chi connectivity index (χ1n) is 10.5. The van der Waals surface area contributed by atoms with Crippen LogP contribution in [0.4, 0.5) is 0 Å². The highest BCUT2D eigenvalue weighted by atomic mass is 16.5. The normalized spacial score (nSPS) is 13.9. The molecule has 4 rings (SSSR count). The lowest BCUT2D eigenvalue weighted by molar-refractivity contribution is -0.121. The summed E-state index contributed by atoms with van der Waals surface area (Å²) in [7, 11) is 0. The monoisotopic (exact) mass is 401 g/mol. The van der Waals surface area contributed by atoms with E-state index >= 15 is 0 Å². The third-order valence-electron chi connectivity index (χ3n) is 5.28. The molecule has 1 amide bonds. The Bertz CT molecular complexity index is 957. The highest BCUT2D eigenvalue weighted by Gasteiger charge is 2.19. The zero-order valence-electron chi connectivity index (χ0n) is 17.1. The zero-order chi connectivity index (χ0) is 20.6. The first-order valence-corrected chi connectivity index (χ1v) is 10.5. The van der Waals surface area contributed by atoms with Gasteiger partial charge in [-0.15, -0.1) is 0 Å². The third kappa shape index (κ3) is 5.41. The Labute approximate surface area is 177 Å². The van der Waals surface area contributed by atoms with Crippen LogP contribution in [-0.4, -0.2) is 19.1 Å². The smallest absolute Gasteiger partial charge is 0.224 e. The van der Waals surface area contributed by atoms with E-state index in [1.807, 2.05) is 66.7 Å². The minimum atomic E-state index is -0.0985. The lowest BCUT2D eigenvalue weighted by atomic mass is 9.98. The number of aryl methyl sites for hydroxylation is 1. The SMILES string of the molecule is O=C(Cc1ccccc1)NC(CCc1ccccc1)c1ccc2c(c1)OCCCO2. The molecule has 4 nitrogen and oxygen atoms in total. The Morgan fingerprint density at radius 1 is 0.833 bits per heavy atom. The van der Waals surface area contributed by atoms with Crippen LogP contribution in [0.25, 0.3) is 0 Å². The topological polar surface area (TPSA) is 47.6 Å². The largest absolute Gasteiger partial charge is 0.490 e. The Hall–Kier alpha value is -3.27. The van der Waals surface area contributed by atoms with Crippen LogP contribution in [0.1, 0.15) is 35.6 Å². The summed E-state index contributed by atoms with van der Waals surface area (Å²) >= 11 is 0. The Kier molecular flexibility index (Phi) is 6.65. The van der Waals surface area contributed by atoms with E-state index in [1.54, 1.807) is 0 Å². The van der Waals surface area contributed by atoms with E-state index in [1.165, 1.54) is 5.56 Å². The second-order valence-electron chi connectivity index (χ2n) is 7.56. The summed E-state index contributed by atoms with van der Waals surface area (Å²) in [5.41, 5.74) is 3.31. The first-order chi connectivity index (χ1) is 14.8. The van der Waals surface area contributed by atoms with Gasteiger partial charge in [-0.2, -0.15) is 0 Å². The number of rotatable bonds is 7. The molecule has 3 aromatic carbocycles. The Morgan fingerprint density at radius 3 is 2.23 bits per heavy atom. The van der Waals surface area contributed by atoms with Gasteiger partial charge in [0.25, 0.3) is 0 Å². The average molecular weight is 402 g/mol. The maximum Gasteiger partial charge on any atom is 0.224 e. The molecule has 1 atom stereocenters. The van der Waals surface area contributed by atoms with E-state index in [2.05, 4.69) is 17.4 Å². The van der Waals surface area contributed by atoms with Crippen LogP contribution < -0.4 is 14.8 Å². The van der Waals surface area contributed by atoms with E-state index in [-0.39, 0.29) is 11.9 Å². The van der Waals surface area contributed by atoms with E-state index in [4.69, 9.17) is 9.47 Å². The number of fused-ring (bicyclic) bond motifs is 1. The summed E-state index contributed by atoms with van der Waals surface area (Å²) in [5.74, 6) is 1.55. The van der Waals surface area contributed by atoms with Gasteiger partial charge in [0.1, 0.15) is 0 Å². The van der Waals surface area contributed by atoms with E-state index in [9.17, 15) is 4.79 Å². The molecule has 1 unspecified atom stereocenters. The van der Waals surface area contributed by atoms with Gasteiger partial charge >= 0.3 is 0 Å². The van der Waals surface area contributed by atoms with Crippen LogP contribution in [-0.2, 0) is 17.6 Å². The molecule has 1 heterocycles. The fraction of sp³-hybridized carbons (Fsp3) is 0.269. The molecule has 0 bridgehead atoms. The van der Waals surface area contributed by atoms with Crippen LogP contribution in [0.5, 0.6) is 11.5 Å². The number of hydrogen-bond acceptors (Lipinski definition) is 3. The molecular formula is C26H27NO3. The number of nitrogens with one attached hydrogen (secondary N) is 1. The molecule has 0 saturated heterocycles. The molecule has 1 aliphatic rings. The van der Waals surface area contributed by atoms with Crippen molar-refractivity contribution in [3.05, 3.63) is 95.6 Å². The molecule has 0 saturated carbocycles. The number of hydrogen-bond donors (Lipinski definition) is 1. The van der Waals surface area contributed by atoms with Crippen molar-refractivity contribution in [1.82, 2.24) is 5.32 Å². The van der Waals surface area contributed by atoms with Gasteiger partial charge < -0.3 is 14.8 Å². The lowest BCUT2D eigenvalue weighted by Gasteiger charge is -2.21. The van der Waals surface area contributed by atoms with E-state index < -0.39 is 0 Å². The molecule has 30 heavy (non-hydrogen) atoms. The minimum absolute atomic E-state index is 0.0198. The fourth-order valence-corrected chi connectivity index (χ4v) is 3.70. The fourth-order valence-electron chi connectivity index (χ4n) is 3.70. The predicted octanol–water partition coefficient (Wildman–Crippen LogP) is 4.88. The predicted molar refractivity (Wildman–Crippen MR) is 118 cm³/mol. The molecule has 4 heteroatoms. The Morgan fingerprint density at radius 2 is 1.50 bits per heavy atom. The summed E-state index contributed by atoms with van der Waals surface area (Å²) in [6, 6.07) is 26.1. The van der Waals surface area contributed by atoms with Gasteiger partial charge in [0.15, 0.2) is 11.5 Å². The minimum Gasteiger partial charge on any atom is -0.490 e. The van der Waals surface area contributed by atoms with Crippen molar-refractivity contribution >= 4 is 5.91 Å². The van der Waals surface area contributed by atoms with E-state index in [0.29, 0.717) is 19.6 Å². The molecular weight excluding hydrogens is 374 g/mol. The second-order valence-corrected chi connectivity index (χ2v) is 7.56. The Balaban J connectivity index is 1.52. The molecule has 154 valence electrons. The maximum atomic E-state index is 12.8. The van der Waals surface area contributed by atoms with Gasteiger partial charge in [0.05, 0.1) is 25.7 Å². The molecule has 0 aliphatic carbocycles. The second kappa shape index (κ2) is 9.97. The van der Waals surface area contributed by atoms with Crippen molar-refractivity contribution in [2.75, 3.05) is 13.2 Å². The number of carbonyl (C=O) groups excluding carboxylic acids is 1. The van der Waals surface area contributed by atoms with Crippen molar-refractivity contribution in [3.63, 3.8) is 0 Å². The van der Waals surface area contributed by atoms with Gasteiger partial charge in [0, 0.05) is 6.42 Å². The van der Waals surface area contributed by atoms with Crippen LogP contribution in [0, 0.1) is 0 Å². The third-order valence-corrected chi connectivity index (χ3v) is 5.28. The van der Waals surface area contributed by atoms with Crippen molar-refractivity contribution in [3.8, 4) is 11.5 Å². The van der Waals surface area contributed by atoms with Crippen LogP contribution in [0.3, 0.4) is 0 Å². The highest BCUT2D eigenvalue weighted by molar-refractivity contribution is 5.79.